The van der Waals surface area contributed by atoms with Crippen molar-refractivity contribution in [2.24, 2.45) is 0 Å². The first-order valence-electron chi connectivity index (χ1n) is 11.5. The molecule has 0 saturated heterocycles. The molecule has 4 rings (SSSR count). The number of nitrogens with zero attached hydrogens (tertiary/aromatic N) is 1. The van der Waals surface area contributed by atoms with Crippen LogP contribution in [0, 0.1) is 6.92 Å². The first kappa shape index (κ1) is 23.2. The number of anilines is 1. The van der Waals surface area contributed by atoms with E-state index < -0.39 is 0 Å². The van der Waals surface area contributed by atoms with Gasteiger partial charge in [0, 0.05) is 16.8 Å². The molecule has 0 radical (unpaired) electrons. The number of aryl methyl sites for hydroxylation is 1. The number of hydrogen-bond acceptors (Lipinski definition) is 5. The molecule has 0 saturated carbocycles. The van der Waals surface area contributed by atoms with E-state index in [2.05, 4.69) is 10.3 Å². The highest BCUT2D eigenvalue weighted by atomic mass is 16.5. The van der Waals surface area contributed by atoms with Crippen molar-refractivity contribution in [2.75, 3.05) is 25.1 Å². The van der Waals surface area contributed by atoms with Gasteiger partial charge in [0.1, 0.15) is 5.82 Å². The molecule has 0 aliphatic carbocycles. The average Bonchev–Trinajstić information content (AvgIpc) is 3.26. The molecule has 0 aliphatic rings. The van der Waals surface area contributed by atoms with Gasteiger partial charge in [-0.3, -0.25) is 4.79 Å². The summed E-state index contributed by atoms with van der Waals surface area (Å²) in [6, 6.07) is 17.0. The Balaban J connectivity index is 1.65. The zero-order valence-electron chi connectivity index (χ0n) is 19.9. The molecule has 4 aromatic rings. The molecule has 0 fully saturated rings. The zero-order valence-corrected chi connectivity index (χ0v) is 19.9. The summed E-state index contributed by atoms with van der Waals surface area (Å²) >= 11 is 0. The van der Waals surface area contributed by atoms with Crippen molar-refractivity contribution in [3.63, 3.8) is 0 Å². The van der Waals surface area contributed by atoms with Gasteiger partial charge in [0.15, 0.2) is 11.5 Å². The first-order chi connectivity index (χ1) is 16.5. The molecule has 1 heterocycles. The minimum Gasteiger partial charge on any atom is -0.490 e. The molecule has 0 bridgehead atoms. The molecule has 0 atom stereocenters. The summed E-state index contributed by atoms with van der Waals surface area (Å²) in [5.41, 5.74) is 4.92. The van der Waals surface area contributed by atoms with Gasteiger partial charge in [-0.05, 0) is 69.7 Å². The maximum absolute atomic E-state index is 13.2. The molecule has 1 amide bonds. The van der Waals surface area contributed by atoms with E-state index in [-0.39, 0.29) is 5.91 Å². The normalized spacial score (nSPS) is 10.8. The fourth-order valence-electron chi connectivity index (χ4n) is 3.76. The molecular formula is C27H29N3O4. The number of imidazole rings is 1. The summed E-state index contributed by atoms with van der Waals surface area (Å²) in [7, 11) is 0. The van der Waals surface area contributed by atoms with Gasteiger partial charge in [0.2, 0.25) is 5.75 Å². The van der Waals surface area contributed by atoms with Gasteiger partial charge in [-0.2, -0.15) is 0 Å². The minimum atomic E-state index is -0.274. The van der Waals surface area contributed by atoms with Crippen molar-refractivity contribution in [2.45, 2.75) is 27.7 Å². The molecule has 0 unspecified atom stereocenters. The van der Waals surface area contributed by atoms with Crippen molar-refractivity contribution >= 4 is 22.6 Å². The minimum absolute atomic E-state index is 0.274. The molecule has 0 spiro atoms. The highest BCUT2D eigenvalue weighted by Crippen LogP contribution is 2.39. The Labute approximate surface area is 199 Å². The topological polar surface area (TPSA) is 85.5 Å². The molecule has 0 aliphatic heterocycles. The summed E-state index contributed by atoms with van der Waals surface area (Å²) in [5, 5.41) is 2.99. The number of aromatic nitrogens is 2. The first-order valence-corrected chi connectivity index (χ1v) is 11.5. The van der Waals surface area contributed by atoms with Crippen LogP contribution in [0.2, 0.25) is 0 Å². The van der Waals surface area contributed by atoms with Crippen LogP contribution in [0.1, 0.15) is 36.7 Å². The van der Waals surface area contributed by atoms with Crippen molar-refractivity contribution in [3.8, 4) is 28.6 Å². The molecule has 1 aromatic heterocycles. The average molecular weight is 460 g/mol. The van der Waals surface area contributed by atoms with E-state index in [1.165, 1.54) is 0 Å². The number of rotatable bonds is 9. The lowest BCUT2D eigenvalue weighted by atomic mass is 10.1. The predicted molar refractivity (Wildman–Crippen MR) is 134 cm³/mol. The maximum Gasteiger partial charge on any atom is 0.255 e. The second-order valence-corrected chi connectivity index (χ2v) is 7.69. The lowest BCUT2D eigenvalue weighted by molar-refractivity contribution is 0.102. The standard InChI is InChI=1S/C27H29N3O4/c1-5-32-23-14-18(15-24(33-6-2)25(23)34-7-3)27(31)28-19-13-12-17(4)20(16-19)26-29-21-10-8-9-11-22(21)30-26/h8-16H,5-7H2,1-4H3,(H,28,31)(H,29,30). The van der Waals surface area contributed by atoms with E-state index in [1.54, 1.807) is 12.1 Å². The van der Waals surface area contributed by atoms with Crippen LogP contribution in [0.5, 0.6) is 17.2 Å². The van der Waals surface area contributed by atoms with Gasteiger partial charge in [-0.15, -0.1) is 0 Å². The largest absolute Gasteiger partial charge is 0.490 e. The molecule has 7 heteroatoms. The SMILES string of the molecule is CCOc1cc(C(=O)Nc2ccc(C)c(-c3nc4ccccc4[nH]3)c2)cc(OCC)c1OCC. The van der Waals surface area contributed by atoms with E-state index in [4.69, 9.17) is 19.2 Å². The van der Waals surface area contributed by atoms with Gasteiger partial charge < -0.3 is 24.5 Å². The predicted octanol–water partition coefficient (Wildman–Crippen LogP) is 5.99. The lowest BCUT2D eigenvalue weighted by Crippen LogP contribution is -2.13. The van der Waals surface area contributed by atoms with Gasteiger partial charge in [-0.1, -0.05) is 18.2 Å². The Kier molecular flexibility index (Phi) is 7.01. The highest BCUT2D eigenvalue weighted by Gasteiger charge is 2.19. The molecule has 2 N–H and O–H groups in total. The molecule has 3 aromatic carbocycles. The van der Waals surface area contributed by atoms with Crippen LogP contribution in [0.4, 0.5) is 5.69 Å². The van der Waals surface area contributed by atoms with Crippen LogP contribution in [0.3, 0.4) is 0 Å². The zero-order chi connectivity index (χ0) is 24.1. The van der Waals surface area contributed by atoms with E-state index in [1.807, 2.05) is 70.2 Å². The quantitative estimate of drug-likeness (QED) is 0.321. The van der Waals surface area contributed by atoms with Crippen LogP contribution >= 0.6 is 0 Å². The molecule has 176 valence electrons. The third kappa shape index (κ3) is 4.83. The van der Waals surface area contributed by atoms with Gasteiger partial charge in [0.05, 0.1) is 30.9 Å². The van der Waals surface area contributed by atoms with E-state index in [9.17, 15) is 4.79 Å². The van der Waals surface area contributed by atoms with Crippen LogP contribution in [-0.2, 0) is 0 Å². The van der Waals surface area contributed by atoms with E-state index >= 15 is 0 Å². The number of aromatic amines is 1. The molecular weight excluding hydrogens is 430 g/mol. The second-order valence-electron chi connectivity index (χ2n) is 7.69. The number of carbonyl (C=O) groups excluding carboxylic acids is 1. The number of carbonyl (C=O) groups is 1. The van der Waals surface area contributed by atoms with Gasteiger partial charge >= 0.3 is 0 Å². The van der Waals surface area contributed by atoms with Gasteiger partial charge in [0.25, 0.3) is 5.91 Å². The van der Waals surface area contributed by atoms with Crippen LogP contribution < -0.4 is 19.5 Å². The monoisotopic (exact) mass is 459 g/mol. The van der Waals surface area contributed by atoms with Crippen LogP contribution in [-0.4, -0.2) is 35.7 Å². The van der Waals surface area contributed by atoms with Crippen molar-refractivity contribution in [1.29, 1.82) is 0 Å². The third-order valence-electron chi connectivity index (χ3n) is 5.31. The van der Waals surface area contributed by atoms with E-state index in [0.717, 1.165) is 28.0 Å². The number of ether oxygens (including phenoxy) is 3. The number of benzene rings is 3. The van der Waals surface area contributed by atoms with Gasteiger partial charge in [-0.25, -0.2) is 4.98 Å². The number of H-pyrrole nitrogens is 1. The summed E-state index contributed by atoms with van der Waals surface area (Å²) in [6.45, 7) is 9.01. The summed E-state index contributed by atoms with van der Waals surface area (Å²) in [4.78, 5) is 21.2. The Morgan fingerprint density at radius 2 is 1.59 bits per heavy atom. The Bertz CT molecular complexity index is 1250. The second kappa shape index (κ2) is 10.3. The van der Waals surface area contributed by atoms with Crippen molar-refractivity contribution in [3.05, 3.63) is 65.7 Å². The summed E-state index contributed by atoms with van der Waals surface area (Å²) < 4.78 is 17.2. The Morgan fingerprint density at radius 3 is 2.24 bits per heavy atom. The number of fused-ring (bicyclic) bond motifs is 1. The smallest absolute Gasteiger partial charge is 0.255 e. The van der Waals surface area contributed by atoms with Crippen molar-refractivity contribution in [1.82, 2.24) is 9.97 Å². The number of para-hydroxylation sites is 2. The lowest BCUT2D eigenvalue weighted by Gasteiger charge is -2.17. The molecule has 34 heavy (non-hydrogen) atoms. The van der Waals surface area contributed by atoms with Crippen molar-refractivity contribution < 1.29 is 19.0 Å². The van der Waals surface area contributed by atoms with Crippen LogP contribution in [0.15, 0.2) is 54.6 Å². The summed E-state index contributed by atoms with van der Waals surface area (Å²) in [6.07, 6.45) is 0. The number of nitrogens with one attached hydrogen (secondary N) is 2. The number of amides is 1. The fourth-order valence-corrected chi connectivity index (χ4v) is 3.76. The number of hydrogen-bond donors (Lipinski definition) is 2. The van der Waals surface area contributed by atoms with Crippen LogP contribution in [0.25, 0.3) is 22.4 Å². The summed E-state index contributed by atoms with van der Waals surface area (Å²) in [5.74, 6) is 1.95. The fraction of sp³-hybridized carbons (Fsp3) is 0.259. The van der Waals surface area contributed by atoms with E-state index in [0.29, 0.717) is 48.3 Å². The highest BCUT2D eigenvalue weighted by molar-refractivity contribution is 6.05. The Morgan fingerprint density at radius 1 is 0.912 bits per heavy atom. The third-order valence-corrected chi connectivity index (χ3v) is 5.31. The Hall–Kier alpha value is -4.00. The molecule has 7 nitrogen and oxygen atoms in total. The maximum atomic E-state index is 13.2.